The van der Waals surface area contributed by atoms with Crippen LogP contribution in [0.2, 0.25) is 0 Å². The number of aliphatic hydroxyl groups is 1. The van der Waals surface area contributed by atoms with Crippen molar-refractivity contribution in [3.63, 3.8) is 0 Å². The maximum atomic E-state index is 13.0. The number of hydrogen-bond acceptors (Lipinski definition) is 7. The third-order valence-electron chi connectivity index (χ3n) is 7.62. The largest absolute Gasteiger partial charge is 0.504 e. The van der Waals surface area contributed by atoms with E-state index in [2.05, 4.69) is 21.8 Å². The van der Waals surface area contributed by atoms with Gasteiger partial charge in [-0.25, -0.2) is 0 Å². The molecule has 0 radical (unpaired) electrons. The molecule has 3 rings (SSSR count). The first-order valence-corrected chi connectivity index (χ1v) is 14.3. The molecule has 1 saturated carbocycles. The number of quaternary nitrogens is 1. The van der Waals surface area contributed by atoms with Gasteiger partial charge < -0.3 is 31.3 Å². The fourth-order valence-corrected chi connectivity index (χ4v) is 5.28. The SMILES string of the molecule is CN=C(N)N[C@H](CCCC(=O)[C@@H](CCO)C(=O)CCc1ccc(O)c(OC2CCCC2)c1)CC[NH+]1C=CNC1. The van der Waals surface area contributed by atoms with Gasteiger partial charge in [-0.2, -0.15) is 0 Å². The van der Waals surface area contributed by atoms with Crippen molar-refractivity contribution in [2.45, 2.75) is 82.8 Å². The number of aliphatic imine (C=N–C) groups is 1. The van der Waals surface area contributed by atoms with E-state index in [1.165, 1.54) is 4.90 Å². The average molecular weight is 545 g/mol. The van der Waals surface area contributed by atoms with Crippen LogP contribution >= 0.6 is 0 Å². The molecule has 1 fully saturated rings. The summed E-state index contributed by atoms with van der Waals surface area (Å²) in [5.74, 6) is -0.172. The van der Waals surface area contributed by atoms with Crippen LogP contribution in [0.25, 0.3) is 0 Å². The van der Waals surface area contributed by atoms with Gasteiger partial charge in [-0.1, -0.05) is 6.07 Å². The number of Topliss-reactive ketones (excluding diaryl/α,β-unsaturated/α-hetero) is 2. The van der Waals surface area contributed by atoms with Crippen LogP contribution in [0.5, 0.6) is 11.5 Å². The monoisotopic (exact) mass is 544 g/mol. The molecule has 0 bridgehead atoms. The molecule has 7 N–H and O–H groups in total. The van der Waals surface area contributed by atoms with Gasteiger partial charge in [0.2, 0.25) is 0 Å². The molecule has 1 heterocycles. The number of nitrogens with zero attached hydrogens (tertiary/aromatic N) is 1. The van der Waals surface area contributed by atoms with Crippen molar-refractivity contribution < 1.29 is 29.4 Å². The third kappa shape index (κ3) is 10.2. The van der Waals surface area contributed by atoms with E-state index >= 15 is 0 Å². The van der Waals surface area contributed by atoms with E-state index in [1.807, 2.05) is 6.20 Å². The van der Waals surface area contributed by atoms with E-state index in [1.54, 1.807) is 25.2 Å². The average Bonchev–Trinajstić information content (AvgIpc) is 3.65. The second kappa shape index (κ2) is 16.1. The fraction of sp³-hybridized carbons (Fsp3) is 0.621. The fourth-order valence-electron chi connectivity index (χ4n) is 5.28. The van der Waals surface area contributed by atoms with Crippen molar-refractivity contribution >= 4 is 17.5 Å². The number of hydrogen-bond donors (Lipinski definition) is 6. The molecular formula is C29H46N5O5+. The minimum atomic E-state index is -0.805. The summed E-state index contributed by atoms with van der Waals surface area (Å²) in [7, 11) is 1.63. The molecule has 2 aliphatic rings. The first-order chi connectivity index (χ1) is 18.9. The zero-order valence-corrected chi connectivity index (χ0v) is 23.2. The van der Waals surface area contributed by atoms with E-state index in [-0.39, 0.29) is 55.3 Å². The molecule has 0 spiro atoms. The maximum Gasteiger partial charge on any atom is 0.188 e. The lowest BCUT2D eigenvalue weighted by molar-refractivity contribution is -0.843. The summed E-state index contributed by atoms with van der Waals surface area (Å²) in [6.07, 6.45) is 11.6. The highest BCUT2D eigenvalue weighted by molar-refractivity contribution is 6.02. The molecule has 1 aliphatic carbocycles. The van der Waals surface area contributed by atoms with E-state index in [0.717, 1.165) is 57.3 Å². The summed E-state index contributed by atoms with van der Waals surface area (Å²) in [6.45, 7) is 1.56. The quantitative estimate of drug-likeness (QED) is 0.0972. The Balaban J connectivity index is 1.49. The molecule has 39 heavy (non-hydrogen) atoms. The van der Waals surface area contributed by atoms with Crippen molar-refractivity contribution in [1.82, 2.24) is 10.6 Å². The maximum absolute atomic E-state index is 13.0. The van der Waals surface area contributed by atoms with Crippen molar-refractivity contribution in [3.05, 3.63) is 36.2 Å². The van der Waals surface area contributed by atoms with E-state index in [0.29, 0.717) is 24.6 Å². The Labute approximate surface area is 231 Å². The van der Waals surface area contributed by atoms with Crippen LogP contribution in [0, 0.1) is 5.92 Å². The number of aliphatic hydroxyl groups excluding tert-OH is 1. The molecule has 0 amide bonds. The van der Waals surface area contributed by atoms with Crippen molar-refractivity contribution in [2.24, 2.45) is 16.6 Å². The van der Waals surface area contributed by atoms with Crippen LogP contribution in [-0.2, 0) is 16.0 Å². The van der Waals surface area contributed by atoms with Crippen LogP contribution in [0.15, 0.2) is 35.6 Å². The zero-order chi connectivity index (χ0) is 28.0. The number of nitrogens with two attached hydrogens (primary N) is 1. The van der Waals surface area contributed by atoms with Gasteiger partial charge in [0.15, 0.2) is 24.1 Å². The molecule has 1 aliphatic heterocycles. The molecule has 216 valence electrons. The number of phenols is 1. The molecule has 10 heteroatoms. The number of rotatable bonds is 17. The number of ether oxygens (including phenoxy) is 1. The summed E-state index contributed by atoms with van der Waals surface area (Å²) >= 11 is 0. The normalized spacial score (nSPS) is 19.0. The molecule has 10 nitrogen and oxygen atoms in total. The number of aryl methyl sites for hydroxylation is 1. The minimum absolute atomic E-state index is 0.0742. The number of guanidine groups is 1. The summed E-state index contributed by atoms with van der Waals surface area (Å²) in [5.41, 5.74) is 6.77. The van der Waals surface area contributed by atoms with Gasteiger partial charge in [-0.3, -0.25) is 19.5 Å². The van der Waals surface area contributed by atoms with E-state index in [9.17, 15) is 19.8 Å². The Hall–Kier alpha value is -3.11. The lowest BCUT2D eigenvalue weighted by atomic mass is 9.89. The Bertz CT molecular complexity index is 992. The van der Waals surface area contributed by atoms with Gasteiger partial charge in [0.1, 0.15) is 17.8 Å². The molecule has 3 atom stereocenters. The molecular weight excluding hydrogens is 498 g/mol. The van der Waals surface area contributed by atoms with Crippen molar-refractivity contribution in [3.8, 4) is 11.5 Å². The zero-order valence-electron chi connectivity index (χ0n) is 23.2. The standard InChI is InChI=1S/C29H45N5O5/c1-31-29(30)33-22(13-16-34-17-15-32-20-34)5-4-8-25(36)24(14-18-35)26(37)11-9-21-10-12-27(38)28(19-21)39-23-6-2-3-7-23/h10,12,15,17,19,22-24,32,35,38H,2-9,11,13-14,16,18,20H2,1H3,(H3,30,31,33)/p+1/t22-,24-/m1/s1. The van der Waals surface area contributed by atoms with E-state index < -0.39 is 5.92 Å². The lowest BCUT2D eigenvalue weighted by Gasteiger charge is -2.21. The Morgan fingerprint density at radius 2 is 1.97 bits per heavy atom. The number of carbonyl (C=O) groups excluding carboxylic acids is 2. The molecule has 1 unspecified atom stereocenters. The Morgan fingerprint density at radius 1 is 1.21 bits per heavy atom. The topological polar surface area (TPSA) is 151 Å². The lowest BCUT2D eigenvalue weighted by Crippen LogP contribution is -3.07. The van der Waals surface area contributed by atoms with Gasteiger partial charge in [-0.05, 0) is 69.1 Å². The summed E-state index contributed by atoms with van der Waals surface area (Å²) in [6, 6.07) is 5.24. The number of aromatic hydroxyl groups is 1. The number of nitrogens with one attached hydrogen (secondary N) is 3. The molecule has 1 aromatic rings. The minimum Gasteiger partial charge on any atom is -0.504 e. The van der Waals surface area contributed by atoms with Crippen molar-refractivity contribution in [1.29, 1.82) is 0 Å². The Kier molecular flexibility index (Phi) is 12.6. The van der Waals surface area contributed by atoms with Gasteiger partial charge in [-0.15, -0.1) is 0 Å². The predicted molar refractivity (Wildman–Crippen MR) is 150 cm³/mol. The van der Waals surface area contributed by atoms with Crippen LogP contribution in [0.3, 0.4) is 0 Å². The second-order valence-corrected chi connectivity index (χ2v) is 10.6. The van der Waals surface area contributed by atoms with Crippen LogP contribution in [0.4, 0.5) is 0 Å². The van der Waals surface area contributed by atoms with Crippen LogP contribution < -0.4 is 26.0 Å². The third-order valence-corrected chi connectivity index (χ3v) is 7.62. The molecule has 0 aromatic heterocycles. The van der Waals surface area contributed by atoms with Crippen LogP contribution in [0.1, 0.15) is 69.8 Å². The highest BCUT2D eigenvalue weighted by atomic mass is 16.5. The summed E-state index contributed by atoms with van der Waals surface area (Å²) in [4.78, 5) is 31.4. The summed E-state index contributed by atoms with van der Waals surface area (Å²) < 4.78 is 5.97. The van der Waals surface area contributed by atoms with Gasteiger partial charge in [0.25, 0.3) is 0 Å². The molecule has 1 aromatic carbocycles. The highest BCUT2D eigenvalue weighted by Gasteiger charge is 2.26. The van der Waals surface area contributed by atoms with E-state index in [4.69, 9.17) is 10.5 Å². The second-order valence-electron chi connectivity index (χ2n) is 10.6. The molecule has 0 saturated heterocycles. The number of carbonyl (C=O) groups is 2. The number of ketones is 2. The van der Waals surface area contributed by atoms with Gasteiger partial charge in [0.05, 0.1) is 24.8 Å². The number of phenolic OH excluding ortho intramolecular Hbond substituents is 1. The highest BCUT2D eigenvalue weighted by Crippen LogP contribution is 2.32. The summed E-state index contributed by atoms with van der Waals surface area (Å²) in [5, 5.41) is 26.1. The smallest absolute Gasteiger partial charge is 0.188 e. The van der Waals surface area contributed by atoms with Crippen LogP contribution in [-0.4, -0.2) is 66.8 Å². The first-order valence-electron chi connectivity index (χ1n) is 14.3. The Morgan fingerprint density at radius 3 is 2.67 bits per heavy atom. The number of benzene rings is 1. The van der Waals surface area contributed by atoms with Crippen molar-refractivity contribution in [2.75, 3.05) is 26.9 Å². The van der Waals surface area contributed by atoms with Gasteiger partial charge >= 0.3 is 0 Å². The van der Waals surface area contributed by atoms with Gasteiger partial charge in [0, 0.05) is 39.0 Å². The predicted octanol–water partition coefficient (Wildman–Crippen LogP) is 1.16. The first kappa shape index (κ1) is 30.4.